The molecule has 1 nitrogen and oxygen atoms in total. The lowest BCUT2D eigenvalue weighted by Crippen LogP contribution is -2.05. The largest absolute Gasteiger partial charge is 0.490 e. The Balaban J connectivity index is 1.93. The molecule has 0 radical (unpaired) electrons. The zero-order chi connectivity index (χ0) is 14.3. The summed E-state index contributed by atoms with van der Waals surface area (Å²) in [7, 11) is 0. The average molecular weight is 372 g/mol. The van der Waals surface area contributed by atoms with E-state index >= 15 is 0 Å². The van der Waals surface area contributed by atoms with Crippen LogP contribution in [0.5, 0.6) is 5.75 Å². The van der Waals surface area contributed by atoms with Gasteiger partial charge in [0.1, 0.15) is 11.9 Å². The zero-order valence-electron chi connectivity index (χ0n) is 10.9. The number of alkyl halides is 1. The van der Waals surface area contributed by atoms with E-state index in [2.05, 4.69) is 28.9 Å². The molecule has 4 heteroatoms. The van der Waals surface area contributed by atoms with Crippen molar-refractivity contribution >= 4 is 39.1 Å². The van der Waals surface area contributed by atoms with Crippen LogP contribution in [0.3, 0.4) is 0 Å². The Bertz CT molecular complexity index is 657. The molecule has 2 atom stereocenters. The van der Waals surface area contributed by atoms with E-state index in [1.807, 2.05) is 30.3 Å². The standard InChI is InChI=1S/C16H13BrCl2O/c1-9-6-12-7-10(3-5-15(12)20-9)16(19)11-2-4-14(18)13(17)8-11/h2-5,7-9,16H,6H2,1H3. The average Bonchev–Trinajstić information content (AvgIpc) is 2.80. The normalized spacial score (nSPS) is 18.5. The topological polar surface area (TPSA) is 9.23 Å². The first-order valence-electron chi connectivity index (χ1n) is 6.43. The molecule has 0 bridgehead atoms. The van der Waals surface area contributed by atoms with Crippen molar-refractivity contribution in [3.05, 3.63) is 62.6 Å². The summed E-state index contributed by atoms with van der Waals surface area (Å²) in [5, 5.41) is 0.499. The predicted octanol–water partition coefficient (Wildman–Crippen LogP) is 5.75. The lowest BCUT2D eigenvalue weighted by atomic mass is 10.0. The van der Waals surface area contributed by atoms with Crippen LogP contribution in [0.1, 0.15) is 29.0 Å². The van der Waals surface area contributed by atoms with Crippen molar-refractivity contribution in [3.63, 3.8) is 0 Å². The Kier molecular flexibility index (Phi) is 3.98. The van der Waals surface area contributed by atoms with Crippen molar-refractivity contribution in [2.24, 2.45) is 0 Å². The molecule has 20 heavy (non-hydrogen) atoms. The predicted molar refractivity (Wildman–Crippen MR) is 87.1 cm³/mol. The SMILES string of the molecule is CC1Cc2cc(C(Cl)c3ccc(Cl)c(Br)c3)ccc2O1. The molecule has 2 aromatic carbocycles. The molecular weight excluding hydrogens is 359 g/mol. The van der Waals surface area contributed by atoms with Gasteiger partial charge in [-0.2, -0.15) is 0 Å². The van der Waals surface area contributed by atoms with Gasteiger partial charge in [0.2, 0.25) is 0 Å². The number of hydrogen-bond donors (Lipinski definition) is 0. The molecule has 0 saturated heterocycles. The zero-order valence-corrected chi connectivity index (χ0v) is 14.0. The summed E-state index contributed by atoms with van der Waals surface area (Å²) in [5.41, 5.74) is 3.33. The second kappa shape index (κ2) is 5.59. The first kappa shape index (κ1) is 14.2. The molecule has 1 aliphatic rings. The van der Waals surface area contributed by atoms with Gasteiger partial charge in [-0.1, -0.05) is 29.8 Å². The molecule has 0 saturated carbocycles. The Morgan fingerprint density at radius 2 is 1.90 bits per heavy atom. The third-order valence-electron chi connectivity index (χ3n) is 3.45. The highest BCUT2D eigenvalue weighted by Crippen LogP contribution is 2.37. The molecule has 104 valence electrons. The van der Waals surface area contributed by atoms with Gasteiger partial charge in [-0.15, -0.1) is 11.6 Å². The highest BCUT2D eigenvalue weighted by molar-refractivity contribution is 9.10. The minimum absolute atomic E-state index is 0.190. The van der Waals surface area contributed by atoms with Gasteiger partial charge in [0.25, 0.3) is 0 Å². The number of hydrogen-bond acceptors (Lipinski definition) is 1. The maximum atomic E-state index is 6.59. The smallest absolute Gasteiger partial charge is 0.123 e. The van der Waals surface area contributed by atoms with Crippen molar-refractivity contribution in [1.82, 2.24) is 0 Å². The summed E-state index contributed by atoms with van der Waals surface area (Å²) < 4.78 is 6.58. The third kappa shape index (κ3) is 2.69. The maximum absolute atomic E-state index is 6.59. The van der Waals surface area contributed by atoms with Gasteiger partial charge in [-0.05, 0) is 57.7 Å². The molecule has 2 unspecified atom stereocenters. The highest BCUT2D eigenvalue weighted by atomic mass is 79.9. The summed E-state index contributed by atoms with van der Waals surface area (Å²) in [6.07, 6.45) is 1.19. The van der Waals surface area contributed by atoms with E-state index in [1.165, 1.54) is 5.56 Å². The summed E-state index contributed by atoms with van der Waals surface area (Å²) in [5.74, 6) is 0.974. The number of halogens is 3. The van der Waals surface area contributed by atoms with E-state index in [0.717, 1.165) is 27.8 Å². The summed E-state index contributed by atoms with van der Waals surface area (Å²) >= 11 is 16.0. The van der Waals surface area contributed by atoms with Gasteiger partial charge in [0.15, 0.2) is 0 Å². The number of rotatable bonds is 2. The van der Waals surface area contributed by atoms with E-state index < -0.39 is 0 Å². The number of benzene rings is 2. The van der Waals surface area contributed by atoms with Gasteiger partial charge in [-0.25, -0.2) is 0 Å². The van der Waals surface area contributed by atoms with Crippen molar-refractivity contribution in [3.8, 4) is 5.75 Å². The van der Waals surface area contributed by atoms with Crippen molar-refractivity contribution in [2.75, 3.05) is 0 Å². The van der Waals surface area contributed by atoms with Crippen LogP contribution in [-0.2, 0) is 6.42 Å². The van der Waals surface area contributed by atoms with E-state index in [0.29, 0.717) is 5.02 Å². The van der Waals surface area contributed by atoms with Crippen LogP contribution in [0.2, 0.25) is 5.02 Å². The van der Waals surface area contributed by atoms with Crippen molar-refractivity contribution in [2.45, 2.75) is 24.8 Å². The molecule has 1 aliphatic heterocycles. The lowest BCUT2D eigenvalue weighted by molar-refractivity contribution is 0.254. The molecule has 0 amide bonds. The summed E-state index contributed by atoms with van der Waals surface area (Å²) in [6.45, 7) is 2.08. The first-order chi connectivity index (χ1) is 9.54. The maximum Gasteiger partial charge on any atom is 0.123 e. The van der Waals surface area contributed by atoms with E-state index in [1.54, 1.807) is 0 Å². The Morgan fingerprint density at radius 3 is 2.65 bits per heavy atom. The van der Waals surface area contributed by atoms with Crippen molar-refractivity contribution < 1.29 is 4.74 Å². The molecule has 0 fully saturated rings. The molecule has 0 aliphatic carbocycles. The van der Waals surface area contributed by atoms with Crippen LogP contribution >= 0.6 is 39.1 Å². The van der Waals surface area contributed by atoms with Crippen molar-refractivity contribution in [1.29, 1.82) is 0 Å². The monoisotopic (exact) mass is 370 g/mol. The Labute approximate surface area is 137 Å². The van der Waals surface area contributed by atoms with Gasteiger partial charge < -0.3 is 4.74 Å². The van der Waals surface area contributed by atoms with E-state index in [-0.39, 0.29) is 11.5 Å². The van der Waals surface area contributed by atoms with E-state index in [9.17, 15) is 0 Å². The van der Waals surface area contributed by atoms with Crippen LogP contribution in [0.15, 0.2) is 40.9 Å². The second-order valence-electron chi connectivity index (χ2n) is 5.04. The van der Waals surface area contributed by atoms with Crippen LogP contribution in [0, 0.1) is 0 Å². The minimum Gasteiger partial charge on any atom is -0.490 e. The van der Waals surface area contributed by atoms with Gasteiger partial charge in [-0.3, -0.25) is 0 Å². The Morgan fingerprint density at radius 1 is 1.20 bits per heavy atom. The summed E-state index contributed by atoms with van der Waals surface area (Å²) in [4.78, 5) is 0. The second-order valence-corrected chi connectivity index (χ2v) is 6.73. The molecule has 0 N–H and O–H groups in total. The highest BCUT2D eigenvalue weighted by Gasteiger charge is 2.21. The molecule has 1 heterocycles. The number of fused-ring (bicyclic) bond motifs is 1. The minimum atomic E-state index is -0.190. The van der Waals surface area contributed by atoms with Crippen LogP contribution < -0.4 is 4.74 Å². The fraction of sp³-hybridized carbons (Fsp3) is 0.250. The summed E-state index contributed by atoms with van der Waals surface area (Å²) in [6, 6.07) is 11.9. The van der Waals surface area contributed by atoms with Gasteiger partial charge >= 0.3 is 0 Å². The van der Waals surface area contributed by atoms with Gasteiger partial charge in [0.05, 0.1) is 10.4 Å². The molecule has 2 aromatic rings. The van der Waals surface area contributed by atoms with Crippen LogP contribution in [0.25, 0.3) is 0 Å². The Hall–Kier alpha value is -0.700. The van der Waals surface area contributed by atoms with Crippen LogP contribution in [-0.4, -0.2) is 6.10 Å². The molecule has 0 aromatic heterocycles. The molecule has 3 rings (SSSR count). The fourth-order valence-corrected chi connectivity index (χ4v) is 3.25. The molecular formula is C16H13BrCl2O. The first-order valence-corrected chi connectivity index (χ1v) is 8.04. The lowest BCUT2D eigenvalue weighted by Gasteiger charge is -2.12. The fourth-order valence-electron chi connectivity index (χ4n) is 2.46. The third-order valence-corrected chi connectivity index (χ3v) is 5.17. The quantitative estimate of drug-likeness (QED) is 0.610. The molecule has 0 spiro atoms. The van der Waals surface area contributed by atoms with E-state index in [4.69, 9.17) is 27.9 Å². The number of ether oxygens (including phenoxy) is 1. The van der Waals surface area contributed by atoms with Crippen LogP contribution in [0.4, 0.5) is 0 Å². The van der Waals surface area contributed by atoms with Gasteiger partial charge in [0, 0.05) is 10.9 Å².